The molecule has 2 aromatic carbocycles. The van der Waals surface area contributed by atoms with Crippen LogP contribution in [-0.2, 0) is 4.84 Å². The number of rotatable bonds is 2. The Kier molecular flexibility index (Phi) is 4.05. The van der Waals surface area contributed by atoms with Crippen molar-refractivity contribution in [1.82, 2.24) is 0 Å². The smallest absolute Gasteiger partial charge is 0.185 e. The highest BCUT2D eigenvalue weighted by Crippen LogP contribution is 2.31. The zero-order valence-electron chi connectivity index (χ0n) is 12.9. The van der Waals surface area contributed by atoms with Gasteiger partial charge in [-0.05, 0) is 42.8 Å². The Morgan fingerprint density at radius 3 is 2.46 bits per heavy atom. The summed E-state index contributed by atoms with van der Waals surface area (Å²) in [5.41, 5.74) is 3.03. The second-order valence-corrected chi connectivity index (χ2v) is 6.39. The first-order chi connectivity index (χ1) is 11.8. The summed E-state index contributed by atoms with van der Waals surface area (Å²) < 4.78 is 1.04. The molecule has 2 aliphatic rings. The lowest BCUT2D eigenvalue weighted by Gasteiger charge is -2.30. The fourth-order valence-electron chi connectivity index (χ4n) is 2.73. The van der Waals surface area contributed by atoms with Gasteiger partial charge in [0.15, 0.2) is 11.6 Å². The van der Waals surface area contributed by atoms with E-state index >= 15 is 0 Å². The van der Waals surface area contributed by atoms with E-state index in [9.17, 15) is 0 Å². The zero-order valence-corrected chi connectivity index (χ0v) is 14.5. The molecule has 118 valence electrons. The van der Waals surface area contributed by atoms with E-state index in [0.717, 1.165) is 39.4 Å². The SMILES string of the molecule is Brc1ccc(N2C(c3ccccc3)=NOC3=C2C=CCC=C3)cc1. The van der Waals surface area contributed by atoms with Gasteiger partial charge in [-0.25, -0.2) is 0 Å². The standard InChI is InChI=1S/C20H15BrN2O/c21-16-11-13-17(14-12-16)23-18-9-5-2-6-10-19(18)24-22-20(23)15-7-3-1-4-8-15/h1,3-14H,2H2. The van der Waals surface area contributed by atoms with Crippen molar-refractivity contribution in [3.63, 3.8) is 0 Å². The molecule has 3 nitrogen and oxygen atoms in total. The topological polar surface area (TPSA) is 24.8 Å². The highest BCUT2D eigenvalue weighted by molar-refractivity contribution is 9.10. The van der Waals surface area contributed by atoms with Crippen molar-refractivity contribution in [3.05, 3.63) is 100 Å². The number of hydrogen-bond donors (Lipinski definition) is 0. The second-order valence-electron chi connectivity index (χ2n) is 5.47. The molecule has 0 saturated carbocycles. The fraction of sp³-hybridized carbons (Fsp3) is 0.0500. The third kappa shape index (κ3) is 2.81. The number of oxime groups is 1. The summed E-state index contributed by atoms with van der Waals surface area (Å²) >= 11 is 3.50. The Balaban J connectivity index is 1.87. The Labute approximate surface area is 149 Å². The molecule has 0 aromatic heterocycles. The minimum Gasteiger partial charge on any atom is -0.353 e. The van der Waals surface area contributed by atoms with Crippen molar-refractivity contribution < 1.29 is 4.84 Å². The van der Waals surface area contributed by atoms with Gasteiger partial charge in [0.2, 0.25) is 0 Å². The molecule has 1 heterocycles. The maximum Gasteiger partial charge on any atom is 0.185 e. The summed E-state index contributed by atoms with van der Waals surface area (Å²) in [6.45, 7) is 0. The highest BCUT2D eigenvalue weighted by atomic mass is 79.9. The molecule has 0 amide bonds. The van der Waals surface area contributed by atoms with Crippen LogP contribution in [-0.4, -0.2) is 5.84 Å². The van der Waals surface area contributed by atoms with Gasteiger partial charge in [0.25, 0.3) is 0 Å². The van der Waals surface area contributed by atoms with E-state index in [4.69, 9.17) is 4.84 Å². The molecule has 1 aliphatic heterocycles. The summed E-state index contributed by atoms with van der Waals surface area (Å²) in [6, 6.07) is 18.3. The van der Waals surface area contributed by atoms with Gasteiger partial charge in [0.1, 0.15) is 0 Å². The lowest BCUT2D eigenvalue weighted by molar-refractivity contribution is 0.232. The van der Waals surface area contributed by atoms with Crippen molar-refractivity contribution in [2.45, 2.75) is 6.42 Å². The summed E-state index contributed by atoms with van der Waals surface area (Å²) in [5, 5.41) is 4.39. The number of nitrogens with zero attached hydrogens (tertiary/aromatic N) is 2. The molecule has 0 bridgehead atoms. The van der Waals surface area contributed by atoms with Crippen molar-refractivity contribution >= 4 is 27.5 Å². The molecule has 0 saturated heterocycles. The number of halogens is 1. The largest absolute Gasteiger partial charge is 0.353 e. The van der Waals surface area contributed by atoms with Crippen molar-refractivity contribution in [2.75, 3.05) is 4.90 Å². The normalized spacial score (nSPS) is 16.4. The number of amidine groups is 1. The minimum atomic E-state index is 0.756. The van der Waals surface area contributed by atoms with Crippen molar-refractivity contribution in [1.29, 1.82) is 0 Å². The minimum absolute atomic E-state index is 0.756. The van der Waals surface area contributed by atoms with Crippen molar-refractivity contribution in [2.24, 2.45) is 5.16 Å². The third-order valence-corrected chi connectivity index (χ3v) is 4.40. The first kappa shape index (κ1) is 15.0. The van der Waals surface area contributed by atoms with E-state index in [0.29, 0.717) is 0 Å². The summed E-state index contributed by atoms with van der Waals surface area (Å²) in [4.78, 5) is 7.81. The molecule has 0 radical (unpaired) electrons. The average molecular weight is 379 g/mol. The van der Waals surface area contributed by atoms with Crippen molar-refractivity contribution in [3.8, 4) is 0 Å². The molecule has 0 N–H and O–H groups in total. The van der Waals surface area contributed by atoms with Gasteiger partial charge < -0.3 is 4.84 Å². The number of benzene rings is 2. The number of hydrogen-bond acceptors (Lipinski definition) is 3. The van der Waals surface area contributed by atoms with Crippen LogP contribution in [0.4, 0.5) is 5.69 Å². The van der Waals surface area contributed by atoms with Gasteiger partial charge in [-0.1, -0.05) is 63.6 Å². The van der Waals surface area contributed by atoms with Gasteiger partial charge in [-0.15, -0.1) is 0 Å². The Bertz CT molecular complexity index is 864. The van der Waals surface area contributed by atoms with Crippen LogP contribution in [0.25, 0.3) is 0 Å². The van der Waals surface area contributed by atoms with Gasteiger partial charge in [-0.3, -0.25) is 4.90 Å². The van der Waals surface area contributed by atoms with Gasteiger partial charge in [0.05, 0.1) is 5.70 Å². The van der Waals surface area contributed by atoms with Crippen LogP contribution in [0.1, 0.15) is 12.0 Å². The summed E-state index contributed by atoms with van der Waals surface area (Å²) in [6.07, 6.45) is 9.15. The molecule has 0 fully saturated rings. The molecular weight excluding hydrogens is 364 g/mol. The van der Waals surface area contributed by atoms with E-state index in [1.807, 2.05) is 48.5 Å². The lowest BCUT2D eigenvalue weighted by atomic mass is 10.1. The summed E-state index contributed by atoms with van der Waals surface area (Å²) in [5.74, 6) is 1.53. The molecule has 0 spiro atoms. The molecule has 0 atom stereocenters. The predicted molar refractivity (Wildman–Crippen MR) is 101 cm³/mol. The molecule has 4 rings (SSSR count). The maximum atomic E-state index is 5.68. The molecule has 0 unspecified atom stereocenters. The molecule has 2 aromatic rings. The molecular formula is C20H15BrN2O. The van der Waals surface area contributed by atoms with Crippen LogP contribution in [0, 0.1) is 0 Å². The van der Waals surface area contributed by atoms with E-state index in [-0.39, 0.29) is 0 Å². The van der Waals surface area contributed by atoms with Crippen LogP contribution >= 0.6 is 15.9 Å². The predicted octanol–water partition coefficient (Wildman–Crippen LogP) is 5.38. The van der Waals surface area contributed by atoms with Crippen LogP contribution in [0.15, 0.2) is 100.0 Å². The quantitative estimate of drug-likeness (QED) is 0.700. The van der Waals surface area contributed by atoms with E-state index in [1.165, 1.54) is 0 Å². The average Bonchev–Trinajstić information content (AvgIpc) is 2.88. The second kappa shape index (κ2) is 6.49. The Morgan fingerprint density at radius 1 is 0.917 bits per heavy atom. The van der Waals surface area contributed by atoms with E-state index in [2.05, 4.69) is 56.3 Å². The Hall–Kier alpha value is -2.59. The van der Waals surface area contributed by atoms with Crippen LogP contribution in [0.2, 0.25) is 0 Å². The van der Waals surface area contributed by atoms with Gasteiger partial charge >= 0.3 is 0 Å². The van der Waals surface area contributed by atoms with Crippen LogP contribution in [0.5, 0.6) is 0 Å². The summed E-state index contributed by atoms with van der Waals surface area (Å²) in [7, 11) is 0. The lowest BCUT2D eigenvalue weighted by Crippen LogP contribution is -2.34. The zero-order chi connectivity index (χ0) is 16.4. The maximum absolute atomic E-state index is 5.68. The van der Waals surface area contributed by atoms with Crippen LogP contribution in [0.3, 0.4) is 0 Å². The third-order valence-electron chi connectivity index (χ3n) is 3.87. The molecule has 1 aliphatic carbocycles. The monoisotopic (exact) mass is 378 g/mol. The van der Waals surface area contributed by atoms with Gasteiger partial charge in [-0.2, -0.15) is 0 Å². The van der Waals surface area contributed by atoms with Gasteiger partial charge in [0, 0.05) is 15.7 Å². The number of allylic oxidation sites excluding steroid dienone is 4. The fourth-order valence-corrected chi connectivity index (χ4v) is 2.99. The molecule has 24 heavy (non-hydrogen) atoms. The first-order valence-electron chi connectivity index (χ1n) is 7.76. The van der Waals surface area contributed by atoms with E-state index < -0.39 is 0 Å². The van der Waals surface area contributed by atoms with E-state index in [1.54, 1.807) is 0 Å². The first-order valence-corrected chi connectivity index (χ1v) is 8.56. The highest BCUT2D eigenvalue weighted by Gasteiger charge is 2.26. The number of anilines is 1. The molecule has 4 heteroatoms. The van der Waals surface area contributed by atoms with Crippen LogP contribution < -0.4 is 4.90 Å². The Morgan fingerprint density at radius 2 is 1.67 bits per heavy atom.